The molecule has 0 amide bonds. The quantitative estimate of drug-likeness (QED) is 0.767. The Morgan fingerprint density at radius 3 is 2.43 bits per heavy atom. The second-order valence-corrected chi connectivity index (χ2v) is 4.62. The Labute approximate surface area is 124 Å². The average Bonchev–Trinajstić information content (AvgIpc) is 2.81. The Kier molecular flexibility index (Phi) is 4.62. The molecule has 5 nitrogen and oxygen atoms in total. The molecule has 2 aromatic rings. The summed E-state index contributed by atoms with van der Waals surface area (Å²) in [6, 6.07) is 5.25. The van der Waals surface area contributed by atoms with Crippen LogP contribution in [0.15, 0.2) is 24.4 Å². The number of nitrogens with zero attached hydrogens (tertiary/aromatic N) is 2. The Bertz CT molecular complexity index is 647. The van der Waals surface area contributed by atoms with Gasteiger partial charge in [-0.3, -0.25) is 9.48 Å². The molecule has 112 valence electrons. The number of aryl methyl sites for hydroxylation is 1. The minimum Gasteiger partial charge on any atom is -0.490 e. The zero-order valence-electron chi connectivity index (χ0n) is 12.8. The van der Waals surface area contributed by atoms with Crippen LogP contribution in [0.5, 0.6) is 11.5 Å². The third kappa shape index (κ3) is 3.07. The summed E-state index contributed by atoms with van der Waals surface area (Å²) < 4.78 is 12.7. The molecule has 0 aliphatic rings. The van der Waals surface area contributed by atoms with E-state index in [1.807, 2.05) is 27.8 Å². The fraction of sp³-hybridized carbons (Fsp3) is 0.375. The summed E-state index contributed by atoms with van der Waals surface area (Å²) in [5, 5.41) is 4.11. The van der Waals surface area contributed by atoms with Gasteiger partial charge in [-0.05, 0) is 39.0 Å². The number of aromatic nitrogens is 2. The standard InChI is InChI=1S/C16H20N2O3/c1-5-20-14-8-7-12(9-15(14)21-6-2)16(19)13-10-17-18(4)11(13)3/h7-10H,5-6H2,1-4H3. The normalized spacial score (nSPS) is 10.5. The molecule has 21 heavy (non-hydrogen) atoms. The third-order valence-corrected chi connectivity index (χ3v) is 3.29. The summed E-state index contributed by atoms with van der Waals surface area (Å²) in [5.74, 6) is 1.18. The Morgan fingerprint density at radius 1 is 1.19 bits per heavy atom. The first kappa shape index (κ1) is 15.1. The topological polar surface area (TPSA) is 53.3 Å². The van der Waals surface area contributed by atoms with Crippen LogP contribution in [0.4, 0.5) is 0 Å². The van der Waals surface area contributed by atoms with Crippen molar-refractivity contribution in [3.63, 3.8) is 0 Å². The average molecular weight is 288 g/mol. The highest BCUT2D eigenvalue weighted by Crippen LogP contribution is 2.29. The summed E-state index contributed by atoms with van der Waals surface area (Å²) in [6.07, 6.45) is 1.59. The van der Waals surface area contributed by atoms with E-state index in [0.717, 1.165) is 5.69 Å². The van der Waals surface area contributed by atoms with Crippen LogP contribution >= 0.6 is 0 Å². The predicted octanol–water partition coefficient (Wildman–Crippen LogP) is 2.76. The zero-order chi connectivity index (χ0) is 15.4. The number of ether oxygens (including phenoxy) is 2. The van der Waals surface area contributed by atoms with Crippen molar-refractivity contribution in [1.29, 1.82) is 0 Å². The molecule has 1 aromatic heterocycles. The number of rotatable bonds is 6. The highest BCUT2D eigenvalue weighted by molar-refractivity contribution is 6.09. The van der Waals surface area contributed by atoms with Crippen molar-refractivity contribution in [2.75, 3.05) is 13.2 Å². The molecule has 0 aliphatic carbocycles. The van der Waals surface area contributed by atoms with E-state index in [1.165, 1.54) is 0 Å². The molecule has 0 saturated carbocycles. The lowest BCUT2D eigenvalue weighted by Crippen LogP contribution is -2.05. The van der Waals surface area contributed by atoms with Gasteiger partial charge in [-0.2, -0.15) is 5.10 Å². The maximum absolute atomic E-state index is 12.6. The fourth-order valence-corrected chi connectivity index (χ4v) is 2.07. The van der Waals surface area contributed by atoms with Crippen molar-refractivity contribution >= 4 is 5.78 Å². The van der Waals surface area contributed by atoms with Gasteiger partial charge >= 0.3 is 0 Å². The van der Waals surface area contributed by atoms with Crippen molar-refractivity contribution in [1.82, 2.24) is 9.78 Å². The van der Waals surface area contributed by atoms with E-state index in [9.17, 15) is 4.79 Å². The van der Waals surface area contributed by atoms with Crippen LogP contribution in [-0.4, -0.2) is 28.8 Å². The highest BCUT2D eigenvalue weighted by atomic mass is 16.5. The molecule has 0 aliphatic heterocycles. The smallest absolute Gasteiger partial charge is 0.196 e. The lowest BCUT2D eigenvalue weighted by molar-refractivity contribution is 0.103. The maximum Gasteiger partial charge on any atom is 0.196 e. The van der Waals surface area contributed by atoms with Crippen LogP contribution in [-0.2, 0) is 7.05 Å². The Balaban J connectivity index is 2.37. The molecule has 0 unspecified atom stereocenters. The molecule has 0 fully saturated rings. The number of carbonyl (C=O) groups excluding carboxylic acids is 1. The van der Waals surface area contributed by atoms with E-state index in [4.69, 9.17) is 9.47 Å². The lowest BCUT2D eigenvalue weighted by atomic mass is 10.0. The van der Waals surface area contributed by atoms with E-state index < -0.39 is 0 Å². The molecule has 0 N–H and O–H groups in total. The van der Waals surface area contributed by atoms with Gasteiger partial charge in [0.25, 0.3) is 0 Å². The maximum atomic E-state index is 12.6. The van der Waals surface area contributed by atoms with Crippen LogP contribution in [0, 0.1) is 6.92 Å². The van der Waals surface area contributed by atoms with Crippen LogP contribution < -0.4 is 9.47 Å². The van der Waals surface area contributed by atoms with E-state index in [-0.39, 0.29) is 5.78 Å². The largest absolute Gasteiger partial charge is 0.490 e. The second kappa shape index (κ2) is 6.43. The molecular formula is C16H20N2O3. The van der Waals surface area contributed by atoms with Crippen LogP contribution in [0.3, 0.4) is 0 Å². The van der Waals surface area contributed by atoms with E-state index in [1.54, 1.807) is 29.1 Å². The number of hydrogen-bond acceptors (Lipinski definition) is 4. The van der Waals surface area contributed by atoms with Gasteiger partial charge in [0.15, 0.2) is 17.3 Å². The molecule has 0 radical (unpaired) electrons. The molecule has 0 atom stereocenters. The number of ketones is 1. The van der Waals surface area contributed by atoms with Gasteiger partial charge in [0.1, 0.15) is 0 Å². The summed E-state index contributed by atoms with van der Waals surface area (Å²) in [6.45, 7) is 6.75. The Hall–Kier alpha value is -2.30. The van der Waals surface area contributed by atoms with Crippen molar-refractivity contribution < 1.29 is 14.3 Å². The zero-order valence-corrected chi connectivity index (χ0v) is 12.8. The van der Waals surface area contributed by atoms with E-state index in [0.29, 0.717) is 35.8 Å². The van der Waals surface area contributed by atoms with Gasteiger partial charge in [-0.1, -0.05) is 0 Å². The van der Waals surface area contributed by atoms with E-state index in [2.05, 4.69) is 5.10 Å². The summed E-state index contributed by atoms with van der Waals surface area (Å²) in [7, 11) is 1.82. The van der Waals surface area contributed by atoms with Crippen molar-refractivity contribution in [3.8, 4) is 11.5 Å². The molecule has 1 aromatic carbocycles. The fourth-order valence-electron chi connectivity index (χ4n) is 2.07. The Morgan fingerprint density at radius 2 is 1.86 bits per heavy atom. The molecule has 0 saturated heterocycles. The van der Waals surface area contributed by atoms with Gasteiger partial charge in [-0.25, -0.2) is 0 Å². The molecule has 0 spiro atoms. The van der Waals surface area contributed by atoms with Gasteiger partial charge < -0.3 is 9.47 Å². The van der Waals surface area contributed by atoms with Gasteiger partial charge in [0.2, 0.25) is 0 Å². The molecule has 0 bridgehead atoms. The minimum atomic E-state index is -0.0652. The van der Waals surface area contributed by atoms with Gasteiger partial charge in [-0.15, -0.1) is 0 Å². The molecule has 1 heterocycles. The first-order valence-electron chi connectivity index (χ1n) is 7.01. The first-order valence-corrected chi connectivity index (χ1v) is 7.01. The second-order valence-electron chi connectivity index (χ2n) is 4.62. The van der Waals surface area contributed by atoms with Gasteiger partial charge in [0.05, 0.1) is 25.0 Å². The van der Waals surface area contributed by atoms with Crippen molar-refractivity contribution in [2.45, 2.75) is 20.8 Å². The number of hydrogen-bond donors (Lipinski definition) is 0. The predicted molar refractivity (Wildman–Crippen MR) is 80.2 cm³/mol. The van der Waals surface area contributed by atoms with Crippen LogP contribution in [0.25, 0.3) is 0 Å². The summed E-state index contributed by atoms with van der Waals surface area (Å²) in [4.78, 5) is 12.6. The monoisotopic (exact) mass is 288 g/mol. The lowest BCUT2D eigenvalue weighted by Gasteiger charge is -2.12. The van der Waals surface area contributed by atoms with Gasteiger partial charge in [0, 0.05) is 18.3 Å². The highest BCUT2D eigenvalue weighted by Gasteiger charge is 2.17. The third-order valence-electron chi connectivity index (χ3n) is 3.29. The van der Waals surface area contributed by atoms with Crippen LogP contribution in [0.1, 0.15) is 35.5 Å². The first-order chi connectivity index (χ1) is 10.1. The molecule has 5 heteroatoms. The summed E-state index contributed by atoms with van der Waals surface area (Å²) in [5.41, 5.74) is 2.01. The number of benzene rings is 1. The SMILES string of the molecule is CCOc1ccc(C(=O)c2cnn(C)c2C)cc1OCC. The van der Waals surface area contributed by atoms with Crippen molar-refractivity contribution in [2.24, 2.45) is 7.05 Å². The summed E-state index contributed by atoms with van der Waals surface area (Å²) >= 11 is 0. The minimum absolute atomic E-state index is 0.0652. The number of carbonyl (C=O) groups is 1. The molecular weight excluding hydrogens is 268 g/mol. The van der Waals surface area contributed by atoms with Crippen molar-refractivity contribution in [3.05, 3.63) is 41.2 Å². The van der Waals surface area contributed by atoms with E-state index >= 15 is 0 Å². The van der Waals surface area contributed by atoms with Crippen LogP contribution in [0.2, 0.25) is 0 Å². The molecule has 2 rings (SSSR count).